The average molecular weight is 487 g/mol. The lowest BCUT2D eigenvalue weighted by Gasteiger charge is -2.18. The van der Waals surface area contributed by atoms with E-state index in [1.807, 2.05) is 0 Å². The Bertz CT molecular complexity index is 1340. The minimum absolute atomic E-state index is 0.0601. The van der Waals surface area contributed by atoms with Gasteiger partial charge in [-0.3, -0.25) is 0 Å². The van der Waals surface area contributed by atoms with Crippen molar-refractivity contribution in [1.82, 2.24) is 29.5 Å². The number of nitrogens with one attached hydrogen (secondary N) is 1. The summed E-state index contributed by atoms with van der Waals surface area (Å²) in [5, 5.41) is 22.7. The van der Waals surface area contributed by atoms with Crippen LogP contribution in [0, 0.1) is 0 Å². The third-order valence-electron chi connectivity index (χ3n) is 5.00. The highest BCUT2D eigenvalue weighted by Crippen LogP contribution is 2.37. The van der Waals surface area contributed by atoms with Gasteiger partial charge in [0.25, 0.3) is 0 Å². The number of aliphatic hydroxyl groups is 2. The van der Waals surface area contributed by atoms with Crippen LogP contribution in [0.4, 0.5) is 24.8 Å². The highest BCUT2D eigenvalue weighted by atomic mass is 19.4. The molecule has 0 aliphatic rings. The van der Waals surface area contributed by atoms with Crippen LogP contribution in [-0.4, -0.2) is 45.3 Å². The summed E-state index contributed by atoms with van der Waals surface area (Å²) in [6.07, 6.45) is 1.20. The normalized spacial score (nSPS) is 12.8. The van der Waals surface area contributed by atoms with Crippen molar-refractivity contribution in [1.29, 1.82) is 0 Å². The number of anilines is 2. The molecule has 0 saturated heterocycles. The number of fused-ring (bicyclic) bond motifs is 1. The number of rotatable bonds is 6. The minimum atomic E-state index is -4.68. The lowest BCUT2D eigenvalue weighted by Crippen LogP contribution is -2.25. The van der Waals surface area contributed by atoms with E-state index in [4.69, 9.17) is 0 Å². The molecule has 35 heavy (non-hydrogen) atoms. The second kappa shape index (κ2) is 8.54. The monoisotopic (exact) mass is 487 g/mol. The van der Waals surface area contributed by atoms with Gasteiger partial charge in [0.2, 0.25) is 0 Å². The molecule has 0 aliphatic heterocycles. The number of hydrogen-bond acceptors (Lipinski definition) is 8. The fourth-order valence-electron chi connectivity index (χ4n) is 3.38. The molecule has 4 aromatic heterocycles. The number of imidazole rings is 1. The zero-order chi connectivity index (χ0) is 25.6. The maximum Gasteiger partial charge on any atom is 0.420 e. The first-order valence-corrected chi connectivity index (χ1v) is 10.6. The van der Waals surface area contributed by atoms with E-state index in [-0.39, 0.29) is 29.4 Å². The van der Waals surface area contributed by atoms with E-state index in [0.29, 0.717) is 11.1 Å². The summed E-state index contributed by atoms with van der Waals surface area (Å²) in [6.45, 7) is 6.40. The molecule has 4 heterocycles. The fourth-order valence-corrected chi connectivity index (χ4v) is 3.38. The second-order valence-electron chi connectivity index (χ2n) is 9.32. The molecule has 12 heteroatoms. The summed E-state index contributed by atoms with van der Waals surface area (Å²) >= 11 is 0. The molecule has 0 aromatic carbocycles. The van der Waals surface area contributed by atoms with Gasteiger partial charge < -0.3 is 20.1 Å². The standard InChI is InChI=1S/C23H24F3N7O2/c1-21(2,34)11-33-12-30-16-7-15(23(24,25)26)18(32-19(16)33)31-17-6-5-13(8-27-17)14-9-28-20(29-10-14)22(3,4)35/h5-10,12,34-35H,11H2,1-4H3,(H,27,31,32). The topological polar surface area (TPSA) is 122 Å². The van der Waals surface area contributed by atoms with E-state index in [1.165, 1.54) is 35.6 Å². The summed E-state index contributed by atoms with van der Waals surface area (Å²) in [7, 11) is 0. The van der Waals surface area contributed by atoms with Gasteiger partial charge in [-0.1, -0.05) is 0 Å². The third kappa shape index (κ3) is 5.54. The molecule has 0 fully saturated rings. The molecule has 4 rings (SSSR count). The molecule has 4 aromatic rings. The Balaban J connectivity index is 1.65. The van der Waals surface area contributed by atoms with Crippen molar-refractivity contribution in [2.75, 3.05) is 5.32 Å². The SMILES string of the molecule is CC(C)(O)Cn1cnc2cc(C(F)(F)F)c(Nc3ccc(-c4cnc(C(C)(C)O)nc4)cn3)nc21. The van der Waals surface area contributed by atoms with Crippen LogP contribution in [0.2, 0.25) is 0 Å². The van der Waals surface area contributed by atoms with E-state index < -0.39 is 28.8 Å². The molecule has 0 aliphatic carbocycles. The van der Waals surface area contributed by atoms with Gasteiger partial charge in [0, 0.05) is 29.7 Å². The van der Waals surface area contributed by atoms with Crippen LogP contribution in [-0.2, 0) is 18.3 Å². The Morgan fingerprint density at radius 2 is 1.57 bits per heavy atom. The Labute approximate surface area is 198 Å². The Hall–Kier alpha value is -3.64. The average Bonchev–Trinajstić information content (AvgIpc) is 3.13. The Morgan fingerprint density at radius 1 is 0.914 bits per heavy atom. The minimum Gasteiger partial charge on any atom is -0.389 e. The van der Waals surface area contributed by atoms with Crippen LogP contribution in [0.15, 0.2) is 43.1 Å². The van der Waals surface area contributed by atoms with Gasteiger partial charge in [-0.25, -0.2) is 24.9 Å². The molecule has 0 amide bonds. The maximum absolute atomic E-state index is 13.8. The van der Waals surface area contributed by atoms with Crippen molar-refractivity contribution in [3.8, 4) is 11.1 Å². The zero-order valence-corrected chi connectivity index (χ0v) is 19.5. The smallest absolute Gasteiger partial charge is 0.389 e. The second-order valence-corrected chi connectivity index (χ2v) is 9.32. The number of pyridine rings is 2. The lowest BCUT2D eigenvalue weighted by atomic mass is 10.1. The number of alkyl halides is 3. The molecular formula is C23H24F3N7O2. The molecule has 0 radical (unpaired) electrons. The zero-order valence-electron chi connectivity index (χ0n) is 19.5. The first kappa shape index (κ1) is 24.5. The number of nitrogens with zero attached hydrogens (tertiary/aromatic N) is 6. The van der Waals surface area contributed by atoms with Crippen LogP contribution in [0.5, 0.6) is 0 Å². The Kier molecular flexibility index (Phi) is 5.97. The van der Waals surface area contributed by atoms with E-state index in [1.54, 1.807) is 33.8 Å². The number of hydrogen-bond donors (Lipinski definition) is 3. The van der Waals surface area contributed by atoms with Gasteiger partial charge in [0.05, 0.1) is 18.5 Å². The van der Waals surface area contributed by atoms with E-state index >= 15 is 0 Å². The summed E-state index contributed by atoms with van der Waals surface area (Å²) in [5.41, 5.74) is -1.76. The Morgan fingerprint density at radius 3 is 2.11 bits per heavy atom. The third-order valence-corrected chi connectivity index (χ3v) is 5.00. The fraction of sp³-hybridized carbons (Fsp3) is 0.348. The highest BCUT2D eigenvalue weighted by molar-refractivity contribution is 5.77. The quantitative estimate of drug-likeness (QED) is 0.373. The van der Waals surface area contributed by atoms with Crippen LogP contribution in [0.3, 0.4) is 0 Å². The van der Waals surface area contributed by atoms with Crippen molar-refractivity contribution < 1.29 is 23.4 Å². The van der Waals surface area contributed by atoms with E-state index in [0.717, 1.165) is 6.07 Å². The van der Waals surface area contributed by atoms with Gasteiger partial charge in [-0.15, -0.1) is 0 Å². The molecule has 0 spiro atoms. The largest absolute Gasteiger partial charge is 0.420 e. The van der Waals surface area contributed by atoms with Crippen molar-refractivity contribution >= 4 is 22.8 Å². The van der Waals surface area contributed by atoms with E-state index in [2.05, 4.69) is 30.2 Å². The van der Waals surface area contributed by atoms with Gasteiger partial charge in [0.1, 0.15) is 28.3 Å². The molecular weight excluding hydrogens is 463 g/mol. The van der Waals surface area contributed by atoms with Crippen LogP contribution in [0.1, 0.15) is 39.1 Å². The van der Waals surface area contributed by atoms with Crippen molar-refractivity contribution in [3.63, 3.8) is 0 Å². The van der Waals surface area contributed by atoms with Crippen molar-refractivity contribution in [2.45, 2.75) is 51.6 Å². The predicted octanol–water partition coefficient (Wildman–Crippen LogP) is 4.04. The lowest BCUT2D eigenvalue weighted by molar-refractivity contribution is -0.137. The van der Waals surface area contributed by atoms with Crippen molar-refractivity contribution in [3.05, 3.63) is 54.5 Å². The first-order valence-electron chi connectivity index (χ1n) is 10.6. The van der Waals surface area contributed by atoms with Gasteiger partial charge in [0.15, 0.2) is 11.5 Å². The van der Waals surface area contributed by atoms with Gasteiger partial charge in [-0.05, 0) is 45.9 Å². The first-order chi connectivity index (χ1) is 16.2. The summed E-state index contributed by atoms with van der Waals surface area (Å²) in [4.78, 5) is 20.7. The number of aromatic nitrogens is 6. The molecule has 184 valence electrons. The van der Waals surface area contributed by atoms with E-state index in [9.17, 15) is 23.4 Å². The number of halogens is 3. The molecule has 9 nitrogen and oxygen atoms in total. The predicted molar refractivity (Wildman–Crippen MR) is 123 cm³/mol. The van der Waals surface area contributed by atoms with Crippen LogP contribution < -0.4 is 5.32 Å². The van der Waals surface area contributed by atoms with Crippen LogP contribution >= 0.6 is 0 Å². The molecule has 3 N–H and O–H groups in total. The molecule has 0 unspecified atom stereocenters. The molecule has 0 saturated carbocycles. The summed E-state index contributed by atoms with van der Waals surface area (Å²) in [5.74, 6) is -0.0215. The summed E-state index contributed by atoms with van der Waals surface area (Å²) < 4.78 is 42.8. The van der Waals surface area contributed by atoms with Gasteiger partial charge in [-0.2, -0.15) is 13.2 Å². The molecule has 0 atom stereocenters. The highest BCUT2D eigenvalue weighted by Gasteiger charge is 2.36. The maximum atomic E-state index is 13.8. The van der Waals surface area contributed by atoms with Gasteiger partial charge >= 0.3 is 6.18 Å². The molecule has 0 bridgehead atoms. The summed E-state index contributed by atoms with van der Waals surface area (Å²) in [6, 6.07) is 4.09. The van der Waals surface area contributed by atoms with Crippen LogP contribution in [0.25, 0.3) is 22.3 Å². The van der Waals surface area contributed by atoms with Crippen molar-refractivity contribution in [2.24, 2.45) is 0 Å².